The van der Waals surface area contributed by atoms with Crippen LogP contribution in [0.5, 0.6) is 0 Å². The molecule has 43 heavy (non-hydrogen) atoms. The Balaban J connectivity index is 0.000000296. The molecule has 4 heterocycles. The molecule has 3 fully saturated rings. The highest BCUT2D eigenvalue weighted by Gasteiger charge is 2.39. The molecule has 2 saturated carbocycles. The van der Waals surface area contributed by atoms with Crippen LogP contribution in [0.2, 0.25) is 0 Å². The second kappa shape index (κ2) is 14.1. The third-order valence-electron chi connectivity index (χ3n) is 7.00. The Kier molecular flexibility index (Phi) is 10.5. The lowest BCUT2D eigenvalue weighted by atomic mass is 9.97. The molecule has 3 aromatic rings. The number of hydrogen-bond acceptors (Lipinski definition) is 8. The van der Waals surface area contributed by atoms with Gasteiger partial charge in [-0.05, 0) is 49.4 Å². The van der Waals surface area contributed by atoms with E-state index in [2.05, 4.69) is 35.8 Å². The zero-order valence-electron chi connectivity index (χ0n) is 24.1. The van der Waals surface area contributed by atoms with Gasteiger partial charge in [-0.15, -0.1) is 0 Å². The summed E-state index contributed by atoms with van der Waals surface area (Å²) in [6.45, 7) is 1.57. The Morgan fingerprint density at radius 3 is 2.51 bits per heavy atom. The van der Waals surface area contributed by atoms with Crippen LogP contribution in [0.25, 0.3) is 5.65 Å². The molecule has 0 spiro atoms. The third kappa shape index (κ3) is 9.33. The summed E-state index contributed by atoms with van der Waals surface area (Å²) in [5.41, 5.74) is 2.33. The number of hydrogen-bond donors (Lipinski definition) is 2. The molecule has 0 bridgehead atoms. The van der Waals surface area contributed by atoms with E-state index >= 15 is 0 Å². The Bertz CT molecular complexity index is 1370. The van der Waals surface area contributed by atoms with Crippen LogP contribution in [0, 0.1) is 0 Å². The summed E-state index contributed by atoms with van der Waals surface area (Å²) < 4.78 is 62.3. The largest absolute Gasteiger partial charge is 0.385 e. The summed E-state index contributed by atoms with van der Waals surface area (Å²) in [6, 6.07) is 1.11. The van der Waals surface area contributed by atoms with E-state index in [1.54, 1.807) is 19.4 Å². The van der Waals surface area contributed by atoms with Gasteiger partial charge in [-0.25, -0.2) is 36.5 Å². The van der Waals surface area contributed by atoms with Crippen molar-refractivity contribution in [3.05, 3.63) is 41.1 Å². The fourth-order valence-corrected chi connectivity index (χ4v) is 4.51. The molecular formula is C27H36F4N8O4. The van der Waals surface area contributed by atoms with E-state index in [0.29, 0.717) is 35.4 Å². The van der Waals surface area contributed by atoms with Gasteiger partial charge in [0, 0.05) is 39.0 Å². The maximum atomic E-state index is 13.6. The van der Waals surface area contributed by atoms with Gasteiger partial charge in [0.05, 0.1) is 37.7 Å². The molecule has 1 aliphatic heterocycles. The van der Waals surface area contributed by atoms with Gasteiger partial charge < -0.3 is 20.3 Å². The van der Waals surface area contributed by atoms with Crippen molar-refractivity contribution in [1.29, 1.82) is 0 Å². The first-order chi connectivity index (χ1) is 20.5. The number of methoxy groups -OCH3 is 1. The molecule has 3 aliphatic rings. The lowest BCUT2D eigenvalue weighted by molar-refractivity contribution is -0.0368. The summed E-state index contributed by atoms with van der Waals surface area (Å²) in [7, 11) is 1.68. The Hall–Kier alpha value is -3.82. The van der Waals surface area contributed by atoms with Crippen LogP contribution < -0.4 is 10.6 Å². The minimum Gasteiger partial charge on any atom is -0.385 e. The quantitative estimate of drug-likeness (QED) is 0.376. The molecule has 2 aliphatic carbocycles. The number of aromatic nitrogens is 5. The summed E-state index contributed by atoms with van der Waals surface area (Å²) in [5, 5.41) is 16.6. The Morgan fingerprint density at radius 1 is 1.16 bits per heavy atom. The number of nitrogens with one attached hydrogen (secondary N) is 2. The van der Waals surface area contributed by atoms with Crippen molar-refractivity contribution in [3.63, 3.8) is 0 Å². The molecule has 0 radical (unpaired) electrons. The molecule has 16 heteroatoms. The number of fused-ring (bicyclic) bond motifs is 1. The fraction of sp³-hybridized carbons (Fsp3) is 0.630. The molecule has 236 valence electrons. The second-order valence-corrected chi connectivity index (χ2v) is 10.7. The van der Waals surface area contributed by atoms with Gasteiger partial charge in [-0.1, -0.05) is 11.6 Å². The highest BCUT2D eigenvalue weighted by molar-refractivity contribution is 5.93. The Labute approximate surface area is 245 Å². The summed E-state index contributed by atoms with van der Waals surface area (Å²) in [4.78, 5) is 29.7. The van der Waals surface area contributed by atoms with Crippen molar-refractivity contribution in [2.24, 2.45) is 0 Å². The van der Waals surface area contributed by atoms with E-state index in [0.717, 1.165) is 30.8 Å². The maximum absolute atomic E-state index is 13.6. The van der Waals surface area contributed by atoms with Gasteiger partial charge in [0.1, 0.15) is 5.69 Å². The number of carbonyl (C=O) groups is 2. The molecule has 6 rings (SSSR count). The zero-order valence-corrected chi connectivity index (χ0v) is 24.1. The molecule has 0 aromatic carbocycles. The molecule has 2 N–H and O–H groups in total. The topological polar surface area (TPSA) is 140 Å². The van der Waals surface area contributed by atoms with Crippen molar-refractivity contribution in [2.45, 2.75) is 82.7 Å². The molecule has 1 saturated heterocycles. The monoisotopic (exact) mass is 612 g/mol. The molecule has 12 nitrogen and oxygen atoms in total. The SMILES string of the molecule is CCOC.FC1(F)CCCCC1.O=C(NCc1cn2ncc(CN3CC(F)(F)CNC3=O)cc2n1)c1nonc1C1CC1. The normalized spacial score (nSPS) is 19.0. The number of halogens is 4. The van der Waals surface area contributed by atoms with Crippen molar-refractivity contribution in [1.82, 2.24) is 40.4 Å². The first-order valence-corrected chi connectivity index (χ1v) is 14.2. The second-order valence-electron chi connectivity index (χ2n) is 10.7. The average molecular weight is 613 g/mol. The van der Waals surface area contributed by atoms with E-state index < -0.39 is 36.9 Å². The van der Waals surface area contributed by atoms with Gasteiger partial charge in [0.25, 0.3) is 11.8 Å². The van der Waals surface area contributed by atoms with Gasteiger partial charge in [-0.2, -0.15) is 5.10 Å². The minimum absolute atomic E-state index is 0.0209. The predicted molar refractivity (Wildman–Crippen MR) is 145 cm³/mol. The highest BCUT2D eigenvalue weighted by Crippen LogP contribution is 2.40. The van der Waals surface area contributed by atoms with E-state index in [1.165, 1.54) is 10.7 Å². The van der Waals surface area contributed by atoms with E-state index in [1.807, 2.05) is 6.92 Å². The van der Waals surface area contributed by atoms with E-state index in [9.17, 15) is 27.2 Å². The Morgan fingerprint density at radius 2 is 1.88 bits per heavy atom. The van der Waals surface area contributed by atoms with Crippen LogP contribution in [0.15, 0.2) is 23.1 Å². The van der Waals surface area contributed by atoms with Crippen LogP contribution >= 0.6 is 0 Å². The molecule has 0 unspecified atom stereocenters. The van der Waals surface area contributed by atoms with Crippen LogP contribution in [-0.4, -0.2) is 80.4 Å². The summed E-state index contributed by atoms with van der Waals surface area (Å²) >= 11 is 0. The molecular weight excluding hydrogens is 576 g/mol. The van der Waals surface area contributed by atoms with E-state index in [-0.39, 0.29) is 37.5 Å². The standard InChI is InChI=1S/C18H18F2N8O3.C6H10F2.C3H8O/c19-18(20)8-22-17(30)27(9-18)6-10-3-13-24-12(7-28(13)23-4-10)5-21-16(29)15-14(11-1-2-11)25-31-26-15;7-6(8)4-2-1-3-5-6;1-3-4-2/h3-4,7,11H,1-2,5-6,8-9H2,(H,21,29)(H,22,30);1-5H2;3H2,1-2H3. The number of ether oxygens (including phenoxy) is 1. The zero-order chi connectivity index (χ0) is 31.0. The van der Waals surface area contributed by atoms with Gasteiger partial charge in [0.15, 0.2) is 11.3 Å². The van der Waals surface area contributed by atoms with Crippen molar-refractivity contribution >= 4 is 17.6 Å². The minimum atomic E-state index is -2.98. The summed E-state index contributed by atoms with van der Waals surface area (Å²) in [6.07, 6.45) is 7.72. The number of urea groups is 1. The fourth-order valence-electron chi connectivity index (χ4n) is 4.51. The van der Waals surface area contributed by atoms with Crippen LogP contribution in [0.4, 0.5) is 22.4 Å². The first kappa shape index (κ1) is 32.1. The van der Waals surface area contributed by atoms with Crippen molar-refractivity contribution in [2.75, 3.05) is 26.8 Å². The molecule has 0 atom stereocenters. The molecule has 3 amide bonds. The number of imidazole rings is 1. The molecule has 3 aromatic heterocycles. The number of alkyl halides is 4. The number of nitrogens with zero attached hydrogens (tertiary/aromatic N) is 6. The van der Waals surface area contributed by atoms with Gasteiger partial charge in [0.2, 0.25) is 5.92 Å². The maximum Gasteiger partial charge on any atom is 0.318 e. The van der Waals surface area contributed by atoms with Gasteiger partial charge >= 0.3 is 6.03 Å². The lowest BCUT2D eigenvalue weighted by Crippen LogP contribution is -2.56. The van der Waals surface area contributed by atoms with Crippen LogP contribution in [0.3, 0.4) is 0 Å². The first-order valence-electron chi connectivity index (χ1n) is 14.2. The van der Waals surface area contributed by atoms with E-state index in [4.69, 9.17) is 4.63 Å². The average Bonchev–Trinajstić information content (AvgIpc) is 3.55. The van der Waals surface area contributed by atoms with Crippen molar-refractivity contribution < 1.29 is 36.5 Å². The van der Waals surface area contributed by atoms with Crippen molar-refractivity contribution in [3.8, 4) is 0 Å². The lowest BCUT2D eigenvalue weighted by Gasteiger charge is -2.32. The number of rotatable bonds is 7. The highest BCUT2D eigenvalue weighted by atomic mass is 19.3. The smallest absolute Gasteiger partial charge is 0.318 e. The number of carbonyl (C=O) groups excluding carboxylic acids is 2. The third-order valence-corrected chi connectivity index (χ3v) is 7.00. The van der Waals surface area contributed by atoms with Crippen LogP contribution in [-0.2, 0) is 17.8 Å². The predicted octanol–water partition coefficient (Wildman–Crippen LogP) is 4.32. The van der Waals surface area contributed by atoms with Crippen LogP contribution in [0.1, 0.15) is 85.2 Å². The van der Waals surface area contributed by atoms with Gasteiger partial charge in [-0.3, -0.25) is 4.79 Å². The summed E-state index contributed by atoms with van der Waals surface area (Å²) in [5.74, 6) is -5.47. The number of amides is 3.